The number of alkyl halides is 3. The van der Waals surface area contributed by atoms with E-state index in [0.717, 1.165) is 23.3 Å². The van der Waals surface area contributed by atoms with Gasteiger partial charge in [-0.3, -0.25) is 4.90 Å². The number of hydrogen-bond donors (Lipinski definition) is 1. The summed E-state index contributed by atoms with van der Waals surface area (Å²) in [7, 11) is -3.94. The van der Waals surface area contributed by atoms with Crippen LogP contribution in [0, 0.1) is 0 Å². The number of nitrogens with one attached hydrogen (secondary N) is 1. The zero-order valence-corrected chi connectivity index (χ0v) is 18.9. The lowest BCUT2D eigenvalue weighted by atomic mass is 9.90. The topological polar surface area (TPSA) is 101 Å². The number of halogens is 3. The summed E-state index contributed by atoms with van der Waals surface area (Å²) in [6, 6.07) is 9.58. The third-order valence-electron chi connectivity index (χ3n) is 6.08. The smallest absolute Gasteiger partial charge is 0.416 e. The molecule has 0 saturated carbocycles. The molecule has 12 heteroatoms. The van der Waals surface area contributed by atoms with E-state index in [4.69, 9.17) is 4.74 Å². The van der Waals surface area contributed by atoms with Gasteiger partial charge in [0.2, 0.25) is 5.95 Å². The van der Waals surface area contributed by atoms with Crippen LogP contribution in [0.1, 0.15) is 34.6 Å². The summed E-state index contributed by atoms with van der Waals surface area (Å²) >= 11 is 0. The summed E-state index contributed by atoms with van der Waals surface area (Å²) in [6.45, 7) is 0.242. The molecule has 5 rings (SSSR count). The lowest BCUT2D eigenvalue weighted by molar-refractivity contribution is -0.137. The number of aryl methyl sites for hydroxylation is 1. The van der Waals surface area contributed by atoms with Crippen LogP contribution in [0.2, 0.25) is 0 Å². The van der Waals surface area contributed by atoms with Gasteiger partial charge in [0, 0.05) is 18.3 Å². The number of rotatable bonds is 5. The van der Waals surface area contributed by atoms with Gasteiger partial charge in [0.25, 0.3) is 10.0 Å². The average molecular weight is 504 g/mol. The fourth-order valence-corrected chi connectivity index (χ4v) is 5.48. The van der Waals surface area contributed by atoms with Crippen LogP contribution >= 0.6 is 0 Å². The van der Waals surface area contributed by atoms with Gasteiger partial charge in [-0.05, 0) is 59.9 Å². The largest absolute Gasteiger partial charge is 0.447 e. The van der Waals surface area contributed by atoms with Gasteiger partial charge in [0.15, 0.2) is 0 Å². The number of ether oxygens (including phenoxy) is 1. The highest BCUT2D eigenvalue weighted by Gasteiger charge is 2.36. The van der Waals surface area contributed by atoms with Gasteiger partial charge in [-0.2, -0.15) is 13.2 Å². The third-order valence-corrected chi connectivity index (χ3v) is 7.40. The molecule has 1 saturated heterocycles. The van der Waals surface area contributed by atoms with E-state index in [-0.39, 0.29) is 35.6 Å². The Bertz CT molecular complexity index is 1400. The van der Waals surface area contributed by atoms with Gasteiger partial charge in [-0.15, -0.1) is 0 Å². The molecule has 1 N–H and O–H groups in total. The minimum absolute atomic E-state index is 0.0279. The lowest BCUT2D eigenvalue weighted by Gasteiger charge is -2.23. The lowest BCUT2D eigenvalue weighted by Crippen LogP contribution is -2.26. The molecule has 0 radical (unpaired) electrons. The number of carbonyl (C=O) groups is 1. The normalized spacial score (nSPS) is 17.9. The first-order valence-corrected chi connectivity index (χ1v) is 12.2. The highest BCUT2D eigenvalue weighted by molar-refractivity contribution is 7.92. The van der Waals surface area contributed by atoms with Gasteiger partial charge in [-0.25, -0.2) is 27.9 Å². The highest BCUT2D eigenvalue weighted by Crippen LogP contribution is 2.44. The number of aromatic nitrogens is 2. The number of hydrogen-bond acceptors (Lipinski definition) is 6. The standard InChI is InChI=1S/C23H19F3N4O4S/c24-23(25,26)15-3-6-19(20(13-15)30-10-11-34-22(30)31)18-5-2-14-12-16(4-7-17(14)18)35(32,33)29-21-27-8-1-9-28-21/h1,3-4,6-9,12-13,18H,2,5,10-11H2,(H,27,28,29)/t18-/m1/s1. The number of cyclic esters (lactones) is 1. The van der Waals surface area contributed by atoms with E-state index >= 15 is 0 Å². The number of benzene rings is 2. The molecule has 1 aliphatic heterocycles. The molecule has 2 heterocycles. The summed E-state index contributed by atoms with van der Waals surface area (Å²) in [4.78, 5) is 21.2. The number of anilines is 2. The first-order valence-electron chi connectivity index (χ1n) is 10.7. The Morgan fingerprint density at radius 2 is 1.80 bits per heavy atom. The van der Waals surface area contributed by atoms with Gasteiger partial charge in [-0.1, -0.05) is 12.1 Å². The van der Waals surface area contributed by atoms with E-state index in [1.807, 2.05) is 0 Å². The average Bonchev–Trinajstić information content (AvgIpc) is 3.44. The van der Waals surface area contributed by atoms with Crippen molar-refractivity contribution in [3.05, 3.63) is 77.1 Å². The quantitative estimate of drug-likeness (QED) is 0.555. The Balaban J connectivity index is 1.51. The van der Waals surface area contributed by atoms with Crippen LogP contribution < -0.4 is 9.62 Å². The van der Waals surface area contributed by atoms with E-state index in [1.54, 1.807) is 18.2 Å². The Morgan fingerprint density at radius 1 is 1.06 bits per heavy atom. The molecule has 182 valence electrons. The van der Waals surface area contributed by atoms with Crippen molar-refractivity contribution in [1.29, 1.82) is 0 Å². The summed E-state index contributed by atoms with van der Waals surface area (Å²) in [6.07, 6.45) is -1.36. The first-order chi connectivity index (χ1) is 16.6. The van der Waals surface area contributed by atoms with E-state index in [1.165, 1.54) is 29.4 Å². The molecule has 3 aromatic rings. The van der Waals surface area contributed by atoms with Crippen molar-refractivity contribution in [3.63, 3.8) is 0 Å². The molecule has 1 amide bonds. The first kappa shape index (κ1) is 23.1. The molecule has 35 heavy (non-hydrogen) atoms. The number of nitrogens with zero attached hydrogens (tertiary/aromatic N) is 3. The summed E-state index contributed by atoms with van der Waals surface area (Å²) < 4.78 is 73.1. The fraction of sp³-hybridized carbons (Fsp3) is 0.261. The Morgan fingerprint density at radius 3 is 2.49 bits per heavy atom. The second-order valence-corrected chi connectivity index (χ2v) is 9.85. The van der Waals surface area contributed by atoms with Crippen LogP contribution in [-0.4, -0.2) is 37.6 Å². The summed E-state index contributed by atoms with van der Waals surface area (Å²) in [5.74, 6) is -0.365. The van der Waals surface area contributed by atoms with E-state index in [9.17, 15) is 26.4 Å². The van der Waals surface area contributed by atoms with Crippen LogP contribution in [0.3, 0.4) is 0 Å². The van der Waals surface area contributed by atoms with Crippen molar-refractivity contribution in [2.45, 2.75) is 29.8 Å². The maximum atomic E-state index is 13.4. The Hall–Kier alpha value is -3.67. The molecule has 2 aliphatic rings. The van der Waals surface area contributed by atoms with Crippen molar-refractivity contribution in [1.82, 2.24) is 9.97 Å². The molecular formula is C23H19F3N4O4S. The van der Waals surface area contributed by atoms with Crippen molar-refractivity contribution >= 4 is 27.8 Å². The molecular weight excluding hydrogens is 485 g/mol. The second-order valence-electron chi connectivity index (χ2n) is 8.17. The van der Waals surface area contributed by atoms with Crippen molar-refractivity contribution in [3.8, 4) is 0 Å². The number of sulfonamides is 1. The predicted molar refractivity (Wildman–Crippen MR) is 120 cm³/mol. The monoisotopic (exact) mass is 504 g/mol. The van der Waals surface area contributed by atoms with Crippen LogP contribution in [0.25, 0.3) is 0 Å². The molecule has 8 nitrogen and oxygen atoms in total. The van der Waals surface area contributed by atoms with Crippen LogP contribution in [0.15, 0.2) is 59.8 Å². The Labute approximate surface area is 198 Å². The minimum atomic E-state index is -4.57. The minimum Gasteiger partial charge on any atom is -0.447 e. The van der Waals surface area contributed by atoms with E-state index in [0.29, 0.717) is 18.4 Å². The molecule has 2 aromatic carbocycles. The van der Waals surface area contributed by atoms with Gasteiger partial charge in [0.05, 0.1) is 22.7 Å². The third kappa shape index (κ3) is 4.41. The molecule has 1 aliphatic carbocycles. The number of fused-ring (bicyclic) bond motifs is 1. The second kappa shape index (κ2) is 8.52. The van der Waals surface area contributed by atoms with Crippen LogP contribution in [-0.2, 0) is 27.4 Å². The van der Waals surface area contributed by atoms with Crippen molar-refractivity contribution in [2.75, 3.05) is 22.8 Å². The summed E-state index contributed by atoms with van der Waals surface area (Å²) in [5, 5.41) is 0. The predicted octanol–water partition coefficient (Wildman–Crippen LogP) is 4.33. The SMILES string of the molecule is O=C1OCCN1c1cc(C(F)(F)F)ccc1[C@@H]1CCc2cc(S(=O)(=O)Nc3ncccn3)ccc21. The van der Waals surface area contributed by atoms with Gasteiger partial charge in [0.1, 0.15) is 6.61 Å². The number of amides is 1. The van der Waals surface area contributed by atoms with E-state index < -0.39 is 27.9 Å². The molecule has 1 aromatic heterocycles. The molecule has 0 unspecified atom stereocenters. The van der Waals surface area contributed by atoms with Crippen molar-refractivity contribution in [2.24, 2.45) is 0 Å². The fourth-order valence-electron chi connectivity index (χ4n) is 4.48. The summed E-state index contributed by atoms with van der Waals surface area (Å²) in [5.41, 5.74) is 1.42. The maximum Gasteiger partial charge on any atom is 0.416 e. The molecule has 1 atom stereocenters. The van der Waals surface area contributed by atoms with E-state index in [2.05, 4.69) is 14.7 Å². The van der Waals surface area contributed by atoms with Crippen LogP contribution in [0.5, 0.6) is 0 Å². The zero-order chi connectivity index (χ0) is 24.8. The maximum absolute atomic E-state index is 13.4. The van der Waals surface area contributed by atoms with Gasteiger partial charge < -0.3 is 4.74 Å². The van der Waals surface area contributed by atoms with Crippen LogP contribution in [0.4, 0.5) is 29.6 Å². The zero-order valence-electron chi connectivity index (χ0n) is 18.1. The number of carbonyl (C=O) groups excluding carboxylic acids is 1. The molecule has 0 bridgehead atoms. The highest BCUT2D eigenvalue weighted by atomic mass is 32.2. The van der Waals surface area contributed by atoms with Gasteiger partial charge >= 0.3 is 12.3 Å². The molecule has 0 spiro atoms. The van der Waals surface area contributed by atoms with Crippen molar-refractivity contribution < 1.29 is 31.1 Å². The molecule has 1 fully saturated rings. The Kier molecular flexibility index (Phi) is 5.62.